The van der Waals surface area contributed by atoms with Gasteiger partial charge in [-0.05, 0) is 31.2 Å². The number of nitrogens with one attached hydrogen (secondary N) is 1. The zero-order valence-electron chi connectivity index (χ0n) is 10.6. The van der Waals surface area contributed by atoms with Crippen molar-refractivity contribution in [2.45, 2.75) is 19.4 Å². The van der Waals surface area contributed by atoms with E-state index in [1.165, 1.54) is 0 Å². The number of carbonyl (C=O) groups excluding carboxylic acids is 1. The fraction of sp³-hybridized carbons (Fsp3) is 0.231. The molecule has 0 spiro atoms. The van der Waals surface area contributed by atoms with Crippen molar-refractivity contribution in [3.8, 4) is 17.5 Å². The van der Waals surface area contributed by atoms with E-state index >= 15 is 0 Å². The van der Waals surface area contributed by atoms with Crippen molar-refractivity contribution in [2.24, 2.45) is 0 Å². The number of rotatable bonds is 4. The molecule has 0 radical (unpaired) electrons. The minimum atomic E-state index is -0.437. The van der Waals surface area contributed by atoms with E-state index in [1.54, 1.807) is 13.0 Å². The predicted octanol–water partition coefficient (Wildman–Crippen LogP) is 2.59. The van der Waals surface area contributed by atoms with Gasteiger partial charge in [0.05, 0.1) is 6.07 Å². The molecule has 0 saturated heterocycles. The second-order valence-corrected chi connectivity index (χ2v) is 5.00. The maximum Gasteiger partial charge on any atom is 0.249 e. The fourth-order valence-corrected chi connectivity index (χ4v) is 1.82. The van der Waals surface area contributed by atoms with Gasteiger partial charge in [-0.3, -0.25) is 4.79 Å². The summed E-state index contributed by atoms with van der Waals surface area (Å²) in [4.78, 5) is 15.5. The number of benzene rings is 1. The summed E-state index contributed by atoms with van der Waals surface area (Å²) in [6, 6.07) is 8.81. The molecule has 0 aliphatic heterocycles. The van der Waals surface area contributed by atoms with Crippen LogP contribution in [-0.4, -0.2) is 16.0 Å². The minimum absolute atomic E-state index is 0.196. The van der Waals surface area contributed by atoms with E-state index in [2.05, 4.69) is 31.4 Å². The third-order valence-electron chi connectivity index (χ3n) is 2.53. The Bertz CT molecular complexity index is 645. The maximum absolute atomic E-state index is 11.3. The van der Waals surface area contributed by atoms with Crippen molar-refractivity contribution >= 4 is 21.8 Å². The molecule has 0 bridgehead atoms. The lowest BCUT2D eigenvalue weighted by molar-refractivity contribution is -0.120. The molecule has 20 heavy (non-hydrogen) atoms. The molecule has 1 aromatic heterocycles. The van der Waals surface area contributed by atoms with Crippen LogP contribution in [0.15, 0.2) is 33.3 Å². The second-order valence-electron chi connectivity index (χ2n) is 4.09. The number of halogens is 1. The SMILES string of the molecule is C[C@@H](NC(=O)CC#N)c1nc(-c2ccc(Br)cc2)no1. The first kappa shape index (κ1) is 14.2. The number of nitriles is 1. The van der Waals surface area contributed by atoms with Crippen LogP contribution in [-0.2, 0) is 4.79 Å². The molecule has 6 nitrogen and oxygen atoms in total. The van der Waals surface area contributed by atoms with Crippen molar-refractivity contribution in [3.63, 3.8) is 0 Å². The Hall–Kier alpha value is -2.20. The van der Waals surface area contributed by atoms with Gasteiger partial charge in [0.2, 0.25) is 17.6 Å². The molecule has 1 atom stereocenters. The van der Waals surface area contributed by atoms with Gasteiger partial charge in [0, 0.05) is 10.0 Å². The molecule has 0 aliphatic rings. The second kappa shape index (κ2) is 6.30. The smallest absolute Gasteiger partial charge is 0.249 e. The van der Waals surface area contributed by atoms with Gasteiger partial charge < -0.3 is 9.84 Å². The standard InChI is InChI=1S/C13H11BrN4O2/c1-8(16-11(19)6-7-15)13-17-12(18-20-13)9-2-4-10(14)5-3-9/h2-5,8H,6H2,1H3,(H,16,19)/t8-/m1/s1. The van der Waals surface area contributed by atoms with E-state index in [-0.39, 0.29) is 12.3 Å². The lowest BCUT2D eigenvalue weighted by Gasteiger charge is -2.06. The Balaban J connectivity index is 2.10. The van der Waals surface area contributed by atoms with Crippen LogP contribution in [0.2, 0.25) is 0 Å². The number of aromatic nitrogens is 2. The average molecular weight is 335 g/mol. The molecular formula is C13H11BrN4O2. The summed E-state index contributed by atoms with van der Waals surface area (Å²) in [6.45, 7) is 1.72. The molecule has 7 heteroatoms. The van der Waals surface area contributed by atoms with E-state index in [4.69, 9.17) is 9.78 Å². The molecule has 1 amide bonds. The van der Waals surface area contributed by atoms with Gasteiger partial charge in [-0.1, -0.05) is 21.1 Å². The summed E-state index contributed by atoms with van der Waals surface area (Å²) in [5, 5.41) is 14.9. The van der Waals surface area contributed by atoms with Gasteiger partial charge in [0.25, 0.3) is 0 Å². The molecule has 102 valence electrons. The van der Waals surface area contributed by atoms with Gasteiger partial charge in [-0.15, -0.1) is 0 Å². The normalized spacial score (nSPS) is 11.7. The van der Waals surface area contributed by atoms with Crippen molar-refractivity contribution in [2.75, 3.05) is 0 Å². The molecular weight excluding hydrogens is 324 g/mol. The molecule has 0 saturated carbocycles. The maximum atomic E-state index is 11.3. The monoisotopic (exact) mass is 334 g/mol. The van der Waals surface area contributed by atoms with Gasteiger partial charge >= 0.3 is 0 Å². The zero-order valence-corrected chi connectivity index (χ0v) is 12.2. The van der Waals surface area contributed by atoms with Crippen molar-refractivity contribution in [1.82, 2.24) is 15.5 Å². The van der Waals surface area contributed by atoms with Gasteiger partial charge in [-0.25, -0.2) is 0 Å². The predicted molar refractivity (Wildman–Crippen MR) is 74.2 cm³/mol. The summed E-state index contributed by atoms with van der Waals surface area (Å²) in [5.74, 6) is 0.381. The van der Waals surface area contributed by atoms with E-state index in [0.717, 1.165) is 10.0 Å². The van der Waals surface area contributed by atoms with Crippen molar-refractivity contribution in [3.05, 3.63) is 34.6 Å². The quantitative estimate of drug-likeness (QED) is 0.927. The van der Waals surface area contributed by atoms with Crippen LogP contribution < -0.4 is 5.32 Å². The van der Waals surface area contributed by atoms with Crippen LogP contribution in [0.4, 0.5) is 0 Å². The first-order valence-electron chi connectivity index (χ1n) is 5.86. The molecule has 0 fully saturated rings. The molecule has 2 rings (SSSR count). The summed E-state index contributed by atoms with van der Waals surface area (Å²) >= 11 is 3.35. The molecule has 0 aliphatic carbocycles. The van der Waals surface area contributed by atoms with Gasteiger partial charge in [0.1, 0.15) is 12.5 Å². The molecule has 0 unspecified atom stereocenters. The van der Waals surface area contributed by atoms with Crippen LogP contribution >= 0.6 is 15.9 Å². The number of hydrogen-bond donors (Lipinski definition) is 1. The number of hydrogen-bond acceptors (Lipinski definition) is 5. The van der Waals surface area contributed by atoms with Crippen LogP contribution in [0, 0.1) is 11.3 Å². The van der Waals surface area contributed by atoms with Gasteiger partial charge in [-0.2, -0.15) is 10.2 Å². The number of carbonyl (C=O) groups is 1. The Morgan fingerprint density at radius 1 is 1.50 bits per heavy atom. The molecule has 2 aromatic rings. The highest BCUT2D eigenvalue weighted by atomic mass is 79.9. The average Bonchev–Trinajstić information content (AvgIpc) is 2.89. The van der Waals surface area contributed by atoms with E-state index in [1.807, 2.05) is 24.3 Å². The van der Waals surface area contributed by atoms with Crippen LogP contribution in [0.25, 0.3) is 11.4 Å². The number of nitrogens with zero attached hydrogens (tertiary/aromatic N) is 3. The highest BCUT2D eigenvalue weighted by molar-refractivity contribution is 9.10. The minimum Gasteiger partial charge on any atom is -0.344 e. The van der Waals surface area contributed by atoms with E-state index in [0.29, 0.717) is 11.7 Å². The van der Waals surface area contributed by atoms with Crippen LogP contribution in [0.3, 0.4) is 0 Å². The Morgan fingerprint density at radius 3 is 2.85 bits per heavy atom. The highest BCUT2D eigenvalue weighted by Gasteiger charge is 2.17. The van der Waals surface area contributed by atoms with E-state index < -0.39 is 6.04 Å². The van der Waals surface area contributed by atoms with Crippen molar-refractivity contribution < 1.29 is 9.32 Å². The van der Waals surface area contributed by atoms with Crippen LogP contribution in [0.1, 0.15) is 25.3 Å². The van der Waals surface area contributed by atoms with Gasteiger partial charge in [0.15, 0.2) is 0 Å². The highest BCUT2D eigenvalue weighted by Crippen LogP contribution is 2.20. The Labute approximate surface area is 123 Å². The molecule has 1 N–H and O–H groups in total. The Morgan fingerprint density at radius 2 is 2.20 bits per heavy atom. The van der Waals surface area contributed by atoms with Crippen LogP contribution in [0.5, 0.6) is 0 Å². The summed E-state index contributed by atoms with van der Waals surface area (Å²) in [6.07, 6.45) is -0.196. The lowest BCUT2D eigenvalue weighted by atomic mass is 10.2. The third kappa shape index (κ3) is 3.42. The fourth-order valence-electron chi connectivity index (χ4n) is 1.55. The third-order valence-corrected chi connectivity index (χ3v) is 3.06. The molecule has 1 heterocycles. The summed E-state index contributed by atoms with van der Waals surface area (Å²) < 4.78 is 6.08. The van der Waals surface area contributed by atoms with E-state index in [9.17, 15) is 4.79 Å². The first-order valence-corrected chi connectivity index (χ1v) is 6.65. The lowest BCUT2D eigenvalue weighted by Crippen LogP contribution is -2.26. The zero-order chi connectivity index (χ0) is 14.5. The Kier molecular flexibility index (Phi) is 4.48. The van der Waals surface area contributed by atoms with Crippen molar-refractivity contribution in [1.29, 1.82) is 5.26 Å². The largest absolute Gasteiger partial charge is 0.344 e. The summed E-state index contributed by atoms with van der Waals surface area (Å²) in [7, 11) is 0. The first-order chi connectivity index (χ1) is 9.60. The molecule has 1 aromatic carbocycles. The topological polar surface area (TPSA) is 91.8 Å². The number of amides is 1. The summed E-state index contributed by atoms with van der Waals surface area (Å²) in [5.41, 5.74) is 0.818.